The van der Waals surface area contributed by atoms with E-state index in [0.717, 1.165) is 74.2 Å². The molecule has 4 rings (SSSR count). The number of Topliss-reactive ketones (excluding diaryl/α,β-unsaturated/α-hetero) is 1. The summed E-state index contributed by atoms with van der Waals surface area (Å²) in [7, 11) is 1.79. The molecule has 3 aliphatic rings. The number of ether oxygens (including phenoxy) is 1. The molecule has 4 heteroatoms. The molecule has 2 aliphatic carbocycles. The topological polar surface area (TPSA) is 49.8 Å². The van der Waals surface area contributed by atoms with E-state index in [0.29, 0.717) is 17.6 Å². The van der Waals surface area contributed by atoms with Crippen molar-refractivity contribution in [3.63, 3.8) is 0 Å². The van der Waals surface area contributed by atoms with E-state index in [1.807, 2.05) is 12.1 Å². The molecule has 31 heavy (non-hydrogen) atoms. The van der Waals surface area contributed by atoms with Gasteiger partial charge < -0.3 is 14.7 Å². The number of likely N-dealkylation sites (tertiary alicyclic amines) is 1. The molecule has 1 aromatic rings. The van der Waals surface area contributed by atoms with Crippen LogP contribution in [-0.2, 0) is 16.0 Å². The van der Waals surface area contributed by atoms with Crippen LogP contribution in [0.4, 0.5) is 0 Å². The minimum absolute atomic E-state index is 0.0834. The molecule has 0 saturated carbocycles. The Morgan fingerprint density at radius 1 is 1.19 bits per heavy atom. The Balaban J connectivity index is 1.28. The van der Waals surface area contributed by atoms with Gasteiger partial charge in [0.25, 0.3) is 0 Å². The van der Waals surface area contributed by atoms with Crippen molar-refractivity contribution in [2.75, 3.05) is 26.7 Å². The van der Waals surface area contributed by atoms with Crippen LogP contribution < -0.4 is 0 Å². The van der Waals surface area contributed by atoms with Crippen molar-refractivity contribution in [3.8, 4) is 5.75 Å². The lowest BCUT2D eigenvalue weighted by atomic mass is 9.81. The van der Waals surface area contributed by atoms with Crippen molar-refractivity contribution in [1.82, 2.24) is 4.90 Å². The highest BCUT2D eigenvalue weighted by Crippen LogP contribution is 2.37. The van der Waals surface area contributed by atoms with E-state index in [-0.39, 0.29) is 5.78 Å². The third-order valence-electron chi connectivity index (χ3n) is 7.13. The molecule has 0 aromatic heterocycles. The molecule has 1 heterocycles. The lowest BCUT2D eigenvalue weighted by Crippen LogP contribution is -2.35. The lowest BCUT2D eigenvalue weighted by molar-refractivity contribution is -0.111. The maximum Gasteiger partial charge on any atom is 0.160 e. The van der Waals surface area contributed by atoms with Crippen molar-refractivity contribution in [2.24, 2.45) is 11.8 Å². The number of methoxy groups -OCH3 is 1. The Bertz CT molecular complexity index is 903. The van der Waals surface area contributed by atoms with Crippen LogP contribution in [0.5, 0.6) is 5.75 Å². The number of hydrogen-bond acceptors (Lipinski definition) is 4. The number of carbonyl (C=O) groups excluding carboxylic acids is 1. The van der Waals surface area contributed by atoms with Crippen molar-refractivity contribution in [3.05, 3.63) is 58.9 Å². The summed E-state index contributed by atoms with van der Waals surface area (Å²) >= 11 is 0. The highest BCUT2D eigenvalue weighted by Gasteiger charge is 2.27. The SMILES string of the molecule is COC1=CCCC=C1C1CCN(CCCC2C=C(C(C)=O)c3cccc(O)c3C2)CC1. The summed E-state index contributed by atoms with van der Waals surface area (Å²) in [5.41, 5.74) is 4.04. The predicted molar refractivity (Wildman–Crippen MR) is 125 cm³/mol. The normalized spacial score (nSPS) is 22.3. The Morgan fingerprint density at radius 2 is 1.97 bits per heavy atom. The van der Waals surface area contributed by atoms with Crippen LogP contribution >= 0.6 is 0 Å². The van der Waals surface area contributed by atoms with Crippen molar-refractivity contribution in [2.45, 2.75) is 51.9 Å². The lowest BCUT2D eigenvalue weighted by Gasteiger charge is -2.34. The maximum atomic E-state index is 12.2. The zero-order valence-electron chi connectivity index (χ0n) is 18.9. The molecule has 1 N–H and O–H groups in total. The van der Waals surface area contributed by atoms with Gasteiger partial charge in [-0.3, -0.25) is 4.79 Å². The molecule has 4 nitrogen and oxygen atoms in total. The number of nitrogens with zero attached hydrogens (tertiary/aromatic N) is 1. The number of hydrogen-bond donors (Lipinski definition) is 1. The molecule has 0 spiro atoms. The number of piperidine rings is 1. The number of benzene rings is 1. The fourth-order valence-corrected chi connectivity index (χ4v) is 5.47. The number of aromatic hydroxyl groups is 1. The van der Waals surface area contributed by atoms with Gasteiger partial charge in [0.2, 0.25) is 0 Å². The van der Waals surface area contributed by atoms with Gasteiger partial charge in [-0.05, 0) is 107 Å². The first-order chi connectivity index (χ1) is 15.1. The highest BCUT2D eigenvalue weighted by atomic mass is 16.5. The van der Waals surface area contributed by atoms with Gasteiger partial charge >= 0.3 is 0 Å². The summed E-state index contributed by atoms with van der Waals surface area (Å²) < 4.78 is 5.61. The number of carbonyl (C=O) groups is 1. The van der Waals surface area contributed by atoms with Gasteiger partial charge in [0.05, 0.1) is 7.11 Å². The summed E-state index contributed by atoms with van der Waals surface area (Å²) in [6.07, 6.45) is 14.4. The molecule has 1 saturated heterocycles. The zero-order chi connectivity index (χ0) is 21.8. The van der Waals surface area contributed by atoms with E-state index >= 15 is 0 Å². The Morgan fingerprint density at radius 3 is 2.71 bits per heavy atom. The maximum absolute atomic E-state index is 12.2. The van der Waals surface area contributed by atoms with E-state index in [9.17, 15) is 9.90 Å². The molecule has 1 fully saturated rings. The van der Waals surface area contributed by atoms with Crippen molar-refractivity contribution in [1.29, 1.82) is 0 Å². The monoisotopic (exact) mass is 421 g/mol. The third-order valence-corrected chi connectivity index (χ3v) is 7.13. The number of ketones is 1. The molecule has 0 amide bonds. The average molecular weight is 422 g/mol. The number of phenols is 1. The van der Waals surface area contributed by atoms with Gasteiger partial charge in [0.15, 0.2) is 5.78 Å². The minimum Gasteiger partial charge on any atom is -0.508 e. The quantitative estimate of drug-likeness (QED) is 0.651. The molecular weight excluding hydrogens is 386 g/mol. The second-order valence-electron chi connectivity index (χ2n) is 9.17. The molecular formula is C27H35NO3. The largest absolute Gasteiger partial charge is 0.508 e. The van der Waals surface area contributed by atoms with Crippen LogP contribution in [0.3, 0.4) is 0 Å². The summed E-state index contributed by atoms with van der Waals surface area (Å²) in [6, 6.07) is 5.51. The smallest absolute Gasteiger partial charge is 0.160 e. The molecule has 1 atom stereocenters. The summed E-state index contributed by atoms with van der Waals surface area (Å²) in [5.74, 6) is 2.44. The number of rotatable bonds is 7. The van der Waals surface area contributed by atoms with Gasteiger partial charge in [-0.2, -0.15) is 0 Å². The summed E-state index contributed by atoms with van der Waals surface area (Å²) in [5, 5.41) is 10.3. The molecule has 0 radical (unpaired) electrons. The second kappa shape index (κ2) is 9.86. The first-order valence-corrected chi connectivity index (χ1v) is 11.8. The first kappa shape index (κ1) is 21.9. The molecule has 1 unspecified atom stereocenters. The average Bonchev–Trinajstić information content (AvgIpc) is 2.79. The van der Waals surface area contributed by atoms with Crippen LogP contribution in [0.15, 0.2) is 47.8 Å². The van der Waals surface area contributed by atoms with Crippen LogP contribution in [0.2, 0.25) is 0 Å². The molecule has 1 aromatic carbocycles. The van der Waals surface area contributed by atoms with Crippen LogP contribution in [0, 0.1) is 11.8 Å². The van der Waals surface area contributed by atoms with E-state index in [4.69, 9.17) is 4.74 Å². The highest BCUT2D eigenvalue weighted by molar-refractivity contribution is 6.20. The summed E-state index contributed by atoms with van der Waals surface area (Å²) in [4.78, 5) is 14.8. The van der Waals surface area contributed by atoms with Gasteiger partial charge in [0.1, 0.15) is 11.5 Å². The predicted octanol–water partition coefficient (Wildman–Crippen LogP) is 5.28. The Kier molecular flexibility index (Phi) is 6.96. The van der Waals surface area contributed by atoms with Gasteiger partial charge in [-0.25, -0.2) is 0 Å². The van der Waals surface area contributed by atoms with Crippen LogP contribution in [-0.4, -0.2) is 42.5 Å². The van der Waals surface area contributed by atoms with E-state index in [1.165, 1.54) is 18.4 Å². The van der Waals surface area contributed by atoms with E-state index in [2.05, 4.69) is 23.1 Å². The van der Waals surface area contributed by atoms with Gasteiger partial charge in [-0.1, -0.05) is 24.3 Å². The third kappa shape index (κ3) is 4.95. The first-order valence-electron chi connectivity index (χ1n) is 11.8. The van der Waals surface area contributed by atoms with Gasteiger partial charge in [-0.15, -0.1) is 0 Å². The number of allylic oxidation sites excluding steroid dienone is 5. The van der Waals surface area contributed by atoms with Crippen molar-refractivity contribution < 1.29 is 14.6 Å². The molecule has 0 bridgehead atoms. The minimum atomic E-state index is 0.0834. The number of phenolic OH excluding ortho intramolecular Hbond substituents is 1. The summed E-state index contributed by atoms with van der Waals surface area (Å²) in [6.45, 7) is 5.01. The second-order valence-corrected chi connectivity index (χ2v) is 9.17. The Labute approximate surface area is 186 Å². The fourth-order valence-electron chi connectivity index (χ4n) is 5.47. The number of fused-ring (bicyclic) bond motifs is 1. The van der Waals surface area contributed by atoms with Crippen LogP contribution in [0.1, 0.15) is 56.6 Å². The Hall–Kier alpha value is -2.33. The van der Waals surface area contributed by atoms with Crippen LogP contribution in [0.25, 0.3) is 5.57 Å². The van der Waals surface area contributed by atoms with E-state index in [1.54, 1.807) is 20.1 Å². The molecule has 1 aliphatic heterocycles. The fraction of sp³-hybridized carbons (Fsp3) is 0.519. The van der Waals surface area contributed by atoms with Crippen molar-refractivity contribution >= 4 is 11.4 Å². The standard InChI is InChI=1S/C27H35NO3/c1-19(29)24-17-20(18-25-23(24)9-5-10-26(25)30)7-6-14-28-15-12-21(13-16-28)22-8-3-4-11-27(22)31-2/h5,8-11,17,20-21,30H,3-4,6-7,12-16,18H2,1-2H3. The zero-order valence-corrected chi connectivity index (χ0v) is 18.9. The van der Waals surface area contributed by atoms with Gasteiger partial charge in [0, 0.05) is 11.1 Å². The molecule has 166 valence electrons. The van der Waals surface area contributed by atoms with E-state index < -0.39 is 0 Å².